The highest BCUT2D eigenvalue weighted by molar-refractivity contribution is 6.46. The highest BCUT2D eigenvalue weighted by Gasteiger charge is 2.44. The lowest BCUT2D eigenvalue weighted by Crippen LogP contribution is -2.09. The molecule has 1 aliphatic rings. The Bertz CT molecular complexity index is 163. The van der Waals surface area contributed by atoms with E-state index in [1.807, 2.05) is 0 Å². The monoisotopic (exact) mass is 163 g/mol. The van der Waals surface area contributed by atoms with Gasteiger partial charge in [-0.15, -0.1) is 0 Å². The molecule has 64 valence electrons. The summed E-state index contributed by atoms with van der Waals surface area (Å²) in [5.41, 5.74) is 0. The van der Waals surface area contributed by atoms with Gasteiger partial charge in [-0.05, 0) is 6.92 Å². The smallest absolute Gasteiger partial charge is 0.306 e. The summed E-state index contributed by atoms with van der Waals surface area (Å²) in [6.45, 7) is 1.95. The normalized spacial score (nSPS) is 28.7. The molecule has 0 aromatic carbocycles. The summed E-state index contributed by atoms with van der Waals surface area (Å²) in [5.74, 6) is -1.61. The van der Waals surface area contributed by atoms with Crippen LogP contribution in [0.15, 0.2) is 0 Å². The molecule has 0 amide bonds. The molecule has 0 aromatic rings. The van der Waals surface area contributed by atoms with Gasteiger partial charge in [0.1, 0.15) is 0 Å². The zero-order valence-corrected chi connectivity index (χ0v) is 6.35. The topological polar surface area (TPSA) is 26.3 Å². The standard InChI is InChI=1S/C6H10BF2O2/c1-2-11-6(10)4-3-5(4)7(8)9/h4-5,7H,2-3H2,1H3/q-1/t4-,5?/m0/s1. The van der Waals surface area contributed by atoms with Crippen molar-refractivity contribution in [2.45, 2.75) is 19.2 Å². The van der Waals surface area contributed by atoms with Gasteiger partial charge >= 0.3 is 5.97 Å². The minimum Gasteiger partial charge on any atom is -0.481 e. The second kappa shape index (κ2) is 3.20. The summed E-state index contributed by atoms with van der Waals surface area (Å²) in [4.78, 5) is 10.8. The summed E-state index contributed by atoms with van der Waals surface area (Å²) in [5, 5.41) is 0. The molecule has 2 atom stereocenters. The lowest BCUT2D eigenvalue weighted by atomic mass is 9.88. The summed E-state index contributed by atoms with van der Waals surface area (Å²) in [6, 6.07) is 0. The number of hydrogen-bond acceptors (Lipinski definition) is 2. The van der Waals surface area contributed by atoms with Gasteiger partial charge in [0.2, 0.25) is 0 Å². The number of esters is 1. The molecule has 0 heterocycles. The first-order valence-electron chi connectivity index (χ1n) is 3.79. The molecule has 2 nitrogen and oxygen atoms in total. The van der Waals surface area contributed by atoms with Gasteiger partial charge in [-0.2, -0.15) is 0 Å². The average Bonchev–Trinajstić information content (AvgIpc) is 2.65. The van der Waals surface area contributed by atoms with Crippen LogP contribution in [0.2, 0.25) is 5.82 Å². The molecule has 0 aliphatic heterocycles. The van der Waals surface area contributed by atoms with Gasteiger partial charge in [0.15, 0.2) is 0 Å². The van der Waals surface area contributed by atoms with Gasteiger partial charge in [0, 0.05) is 5.92 Å². The van der Waals surface area contributed by atoms with Crippen molar-refractivity contribution >= 4 is 13.2 Å². The summed E-state index contributed by atoms with van der Waals surface area (Å²) < 4.78 is 28.5. The number of ether oxygens (including phenoxy) is 1. The van der Waals surface area contributed by atoms with Gasteiger partial charge in [-0.25, -0.2) is 0 Å². The molecule has 1 saturated carbocycles. The van der Waals surface area contributed by atoms with E-state index in [2.05, 4.69) is 4.74 Å². The van der Waals surface area contributed by atoms with Crippen LogP contribution in [-0.4, -0.2) is 19.8 Å². The molecule has 0 bridgehead atoms. The summed E-state index contributed by atoms with van der Waals surface area (Å²) in [7, 11) is -3.09. The van der Waals surface area contributed by atoms with Crippen LogP contribution in [0, 0.1) is 5.92 Å². The fourth-order valence-corrected chi connectivity index (χ4v) is 1.13. The Morgan fingerprint density at radius 2 is 2.36 bits per heavy atom. The van der Waals surface area contributed by atoms with E-state index in [0.717, 1.165) is 0 Å². The second-order valence-electron chi connectivity index (χ2n) is 2.76. The largest absolute Gasteiger partial charge is 0.481 e. The Morgan fingerprint density at radius 3 is 2.73 bits per heavy atom. The molecular weight excluding hydrogens is 153 g/mol. The third kappa shape index (κ3) is 1.91. The first-order valence-corrected chi connectivity index (χ1v) is 3.79. The minimum absolute atomic E-state index is 0.278. The predicted octanol–water partition coefficient (Wildman–Crippen LogP) is 1.10. The van der Waals surface area contributed by atoms with Crippen molar-refractivity contribution in [2.24, 2.45) is 5.92 Å². The highest BCUT2D eigenvalue weighted by Crippen LogP contribution is 2.48. The van der Waals surface area contributed by atoms with E-state index in [0.29, 0.717) is 6.42 Å². The van der Waals surface area contributed by atoms with Crippen molar-refractivity contribution in [2.75, 3.05) is 6.61 Å². The van der Waals surface area contributed by atoms with E-state index in [9.17, 15) is 13.4 Å². The van der Waals surface area contributed by atoms with Crippen molar-refractivity contribution in [3.8, 4) is 0 Å². The SMILES string of the molecule is CCOC(=O)[C@H]1CC1[BH-](F)F. The maximum absolute atomic E-state index is 11.9. The van der Waals surface area contributed by atoms with Crippen LogP contribution in [0.3, 0.4) is 0 Å². The van der Waals surface area contributed by atoms with Crippen molar-refractivity contribution in [3.63, 3.8) is 0 Å². The van der Waals surface area contributed by atoms with E-state index in [1.165, 1.54) is 0 Å². The Balaban J connectivity index is 2.26. The van der Waals surface area contributed by atoms with Gasteiger partial charge in [-0.3, -0.25) is 4.79 Å². The van der Waals surface area contributed by atoms with Crippen LogP contribution in [-0.2, 0) is 9.53 Å². The van der Waals surface area contributed by atoms with Crippen LogP contribution in [0.25, 0.3) is 0 Å². The lowest BCUT2D eigenvalue weighted by Gasteiger charge is -2.03. The van der Waals surface area contributed by atoms with Gasteiger partial charge < -0.3 is 13.4 Å². The average molecular weight is 163 g/mol. The van der Waals surface area contributed by atoms with Crippen LogP contribution >= 0.6 is 0 Å². The summed E-state index contributed by atoms with van der Waals surface area (Å²) >= 11 is 0. The zero-order valence-electron chi connectivity index (χ0n) is 6.35. The molecule has 1 fully saturated rings. The zero-order chi connectivity index (χ0) is 8.43. The third-order valence-corrected chi connectivity index (χ3v) is 1.91. The molecule has 11 heavy (non-hydrogen) atoms. The highest BCUT2D eigenvalue weighted by atomic mass is 19.2. The number of hydrogen-bond donors (Lipinski definition) is 0. The van der Waals surface area contributed by atoms with Crippen LogP contribution in [0.4, 0.5) is 8.63 Å². The number of carbonyl (C=O) groups is 1. The maximum atomic E-state index is 11.9. The first kappa shape index (κ1) is 8.49. The molecular formula is C6H10BF2O2-. The molecule has 0 N–H and O–H groups in total. The van der Waals surface area contributed by atoms with E-state index >= 15 is 0 Å². The third-order valence-electron chi connectivity index (χ3n) is 1.91. The van der Waals surface area contributed by atoms with E-state index in [-0.39, 0.29) is 6.61 Å². The quantitative estimate of drug-likeness (QED) is 0.459. The maximum Gasteiger partial charge on any atom is 0.306 e. The van der Waals surface area contributed by atoms with Crippen LogP contribution < -0.4 is 0 Å². The van der Waals surface area contributed by atoms with Gasteiger partial charge in [0.25, 0.3) is 7.27 Å². The van der Waals surface area contributed by atoms with Gasteiger partial charge in [0.05, 0.1) is 6.61 Å². The molecule has 0 spiro atoms. The van der Waals surface area contributed by atoms with E-state index in [1.54, 1.807) is 6.92 Å². The molecule has 0 radical (unpaired) electrons. The summed E-state index contributed by atoms with van der Waals surface area (Å²) in [6.07, 6.45) is 0.325. The fourth-order valence-electron chi connectivity index (χ4n) is 1.13. The fraction of sp³-hybridized carbons (Fsp3) is 0.833. The van der Waals surface area contributed by atoms with Crippen LogP contribution in [0.1, 0.15) is 13.3 Å². The molecule has 0 saturated heterocycles. The Hall–Kier alpha value is -0.605. The van der Waals surface area contributed by atoms with Crippen molar-refractivity contribution in [1.82, 2.24) is 0 Å². The van der Waals surface area contributed by atoms with E-state index < -0.39 is 25.0 Å². The van der Waals surface area contributed by atoms with E-state index in [4.69, 9.17) is 0 Å². The van der Waals surface area contributed by atoms with Crippen molar-refractivity contribution in [1.29, 1.82) is 0 Å². The Labute approximate surface area is 64.1 Å². The van der Waals surface area contributed by atoms with Crippen molar-refractivity contribution in [3.05, 3.63) is 0 Å². The molecule has 1 aliphatic carbocycles. The Kier molecular flexibility index (Phi) is 2.47. The first-order chi connectivity index (χ1) is 5.16. The number of carbonyl (C=O) groups excluding carboxylic acids is 1. The molecule has 1 rings (SSSR count). The molecule has 5 heteroatoms. The lowest BCUT2D eigenvalue weighted by molar-refractivity contribution is -0.144. The minimum atomic E-state index is -3.09. The predicted molar refractivity (Wildman–Crippen MR) is 37.9 cm³/mol. The second-order valence-corrected chi connectivity index (χ2v) is 2.76. The molecule has 0 aromatic heterocycles. The van der Waals surface area contributed by atoms with Gasteiger partial charge in [-0.1, -0.05) is 12.2 Å². The number of halogens is 2. The van der Waals surface area contributed by atoms with Crippen molar-refractivity contribution < 1.29 is 18.2 Å². The number of rotatable bonds is 3. The van der Waals surface area contributed by atoms with Crippen LogP contribution in [0.5, 0.6) is 0 Å². The Morgan fingerprint density at radius 1 is 1.73 bits per heavy atom. The molecule has 1 unspecified atom stereocenters.